The molecular formula is C7H5BrF2O3S. The molecule has 1 aromatic heterocycles. The molecule has 1 atom stereocenters. The molecule has 0 saturated heterocycles. The van der Waals surface area contributed by atoms with Crippen molar-refractivity contribution in [2.24, 2.45) is 0 Å². The molecule has 0 amide bonds. The third kappa shape index (κ3) is 2.10. The predicted octanol–water partition coefficient (Wildman–Crippen LogP) is 2.26. The summed E-state index contributed by atoms with van der Waals surface area (Å²) in [6, 6.07) is 1.26. The summed E-state index contributed by atoms with van der Waals surface area (Å²) < 4.78 is 26.1. The van der Waals surface area contributed by atoms with Crippen molar-refractivity contribution < 1.29 is 23.8 Å². The molecule has 1 rings (SSSR count). The molecule has 78 valence electrons. The summed E-state index contributed by atoms with van der Waals surface area (Å²) >= 11 is 3.87. The van der Waals surface area contributed by atoms with Crippen LogP contribution in [0.3, 0.4) is 0 Å². The molecule has 0 aliphatic rings. The number of carboxylic acid groups (broad SMARTS) is 1. The van der Waals surface area contributed by atoms with Crippen LogP contribution in [0.1, 0.15) is 11.0 Å². The van der Waals surface area contributed by atoms with Gasteiger partial charge in [-0.05, 0) is 22.0 Å². The number of hydrogen-bond acceptors (Lipinski definition) is 3. The van der Waals surface area contributed by atoms with Gasteiger partial charge >= 0.3 is 11.9 Å². The highest BCUT2D eigenvalue weighted by molar-refractivity contribution is 9.10. The molecule has 2 N–H and O–H groups in total. The van der Waals surface area contributed by atoms with E-state index in [1.165, 1.54) is 11.4 Å². The molecule has 0 fully saturated rings. The Labute approximate surface area is 90.1 Å². The first-order valence-electron chi connectivity index (χ1n) is 3.39. The largest absolute Gasteiger partial charge is 0.477 e. The van der Waals surface area contributed by atoms with Crippen LogP contribution >= 0.6 is 27.3 Å². The molecule has 0 spiro atoms. The number of carbonyl (C=O) groups is 1. The van der Waals surface area contributed by atoms with E-state index in [0.29, 0.717) is 4.47 Å². The molecule has 1 aromatic rings. The lowest BCUT2D eigenvalue weighted by molar-refractivity contribution is -0.182. The van der Waals surface area contributed by atoms with Crippen LogP contribution in [-0.4, -0.2) is 22.1 Å². The van der Waals surface area contributed by atoms with Gasteiger partial charge in [-0.25, -0.2) is 4.79 Å². The van der Waals surface area contributed by atoms with Gasteiger partial charge in [0, 0.05) is 14.7 Å². The highest BCUT2D eigenvalue weighted by atomic mass is 79.9. The molecular weight excluding hydrogens is 282 g/mol. The van der Waals surface area contributed by atoms with Crippen LogP contribution in [0.25, 0.3) is 0 Å². The van der Waals surface area contributed by atoms with Gasteiger partial charge in [-0.2, -0.15) is 8.78 Å². The third-order valence-corrected chi connectivity index (χ3v) is 3.23. The first-order valence-corrected chi connectivity index (χ1v) is 5.06. The van der Waals surface area contributed by atoms with Crippen molar-refractivity contribution in [2.75, 3.05) is 0 Å². The summed E-state index contributed by atoms with van der Waals surface area (Å²) in [4.78, 5) is 10.0. The smallest absolute Gasteiger partial charge is 0.377 e. The fourth-order valence-corrected chi connectivity index (χ4v) is 2.23. The number of alkyl halides is 2. The number of aliphatic hydroxyl groups is 1. The Balaban J connectivity index is 2.95. The zero-order valence-corrected chi connectivity index (χ0v) is 8.98. The second-order valence-corrected chi connectivity index (χ2v) is 4.36. The maximum atomic E-state index is 12.8. The highest BCUT2D eigenvalue weighted by Crippen LogP contribution is 2.35. The standard InChI is InChI=1S/C7H5BrF2O3S/c8-3-1-4(14-2-3)5(11)7(9,10)6(12)13/h1-2,5,11H,(H,12,13). The van der Waals surface area contributed by atoms with Gasteiger partial charge in [0.05, 0.1) is 0 Å². The van der Waals surface area contributed by atoms with Gasteiger partial charge in [-0.15, -0.1) is 11.3 Å². The van der Waals surface area contributed by atoms with Crippen molar-refractivity contribution >= 4 is 33.2 Å². The maximum Gasteiger partial charge on any atom is 0.377 e. The van der Waals surface area contributed by atoms with Gasteiger partial charge in [0.2, 0.25) is 0 Å². The Kier molecular flexibility index (Phi) is 3.23. The van der Waals surface area contributed by atoms with Gasteiger partial charge in [0.15, 0.2) is 6.10 Å². The van der Waals surface area contributed by atoms with E-state index in [1.54, 1.807) is 0 Å². The van der Waals surface area contributed by atoms with Crippen molar-refractivity contribution in [3.63, 3.8) is 0 Å². The van der Waals surface area contributed by atoms with E-state index in [4.69, 9.17) is 10.2 Å². The molecule has 0 saturated carbocycles. The van der Waals surface area contributed by atoms with Gasteiger partial charge in [-0.1, -0.05) is 0 Å². The Bertz CT molecular complexity index is 352. The van der Waals surface area contributed by atoms with Gasteiger partial charge in [0.25, 0.3) is 0 Å². The minimum absolute atomic E-state index is 0.0933. The van der Waals surface area contributed by atoms with E-state index < -0.39 is 18.0 Å². The van der Waals surface area contributed by atoms with Gasteiger partial charge in [0.1, 0.15) is 0 Å². The van der Waals surface area contributed by atoms with Gasteiger partial charge < -0.3 is 10.2 Å². The summed E-state index contributed by atoms with van der Waals surface area (Å²) in [6.45, 7) is 0. The summed E-state index contributed by atoms with van der Waals surface area (Å²) in [5.41, 5.74) is 0. The predicted molar refractivity (Wildman–Crippen MR) is 49.6 cm³/mol. The van der Waals surface area contributed by atoms with E-state index in [1.807, 2.05) is 0 Å². The minimum atomic E-state index is -4.16. The number of thiophene rings is 1. The van der Waals surface area contributed by atoms with Crippen LogP contribution in [0.5, 0.6) is 0 Å². The zero-order valence-electron chi connectivity index (χ0n) is 6.58. The van der Waals surface area contributed by atoms with Crippen LogP contribution in [0.2, 0.25) is 0 Å². The Hall–Kier alpha value is -0.530. The van der Waals surface area contributed by atoms with Crippen LogP contribution < -0.4 is 0 Å². The molecule has 14 heavy (non-hydrogen) atoms. The number of aliphatic carboxylic acids is 1. The van der Waals surface area contributed by atoms with E-state index in [0.717, 1.165) is 11.3 Å². The lowest BCUT2D eigenvalue weighted by Gasteiger charge is -2.16. The van der Waals surface area contributed by atoms with Gasteiger partial charge in [-0.3, -0.25) is 0 Å². The lowest BCUT2D eigenvalue weighted by atomic mass is 10.1. The number of hydrogen-bond donors (Lipinski definition) is 2. The molecule has 0 bridgehead atoms. The fourth-order valence-electron chi connectivity index (χ4n) is 0.767. The maximum absolute atomic E-state index is 12.8. The quantitative estimate of drug-likeness (QED) is 0.896. The van der Waals surface area contributed by atoms with E-state index >= 15 is 0 Å². The number of rotatable bonds is 3. The van der Waals surface area contributed by atoms with Crippen LogP contribution in [0.4, 0.5) is 8.78 Å². The van der Waals surface area contributed by atoms with Crippen molar-refractivity contribution in [1.82, 2.24) is 0 Å². The average molecular weight is 287 g/mol. The number of aliphatic hydroxyl groups excluding tert-OH is 1. The molecule has 1 unspecified atom stereocenters. The number of halogens is 3. The summed E-state index contributed by atoms with van der Waals surface area (Å²) in [5.74, 6) is -6.50. The van der Waals surface area contributed by atoms with Crippen LogP contribution in [0, 0.1) is 0 Å². The first-order chi connectivity index (χ1) is 6.35. The first kappa shape index (κ1) is 11.5. The normalized spacial score (nSPS) is 14.0. The topological polar surface area (TPSA) is 57.5 Å². The second kappa shape index (κ2) is 3.92. The Morgan fingerprint density at radius 3 is 2.57 bits per heavy atom. The van der Waals surface area contributed by atoms with E-state index in [-0.39, 0.29) is 4.88 Å². The summed E-state index contributed by atoms with van der Waals surface area (Å²) in [7, 11) is 0. The Morgan fingerprint density at radius 1 is 1.64 bits per heavy atom. The monoisotopic (exact) mass is 286 g/mol. The van der Waals surface area contributed by atoms with Crippen molar-refractivity contribution in [1.29, 1.82) is 0 Å². The molecule has 0 radical (unpaired) electrons. The summed E-state index contributed by atoms with van der Waals surface area (Å²) in [6.07, 6.45) is -2.31. The van der Waals surface area contributed by atoms with Crippen LogP contribution in [-0.2, 0) is 4.79 Å². The fraction of sp³-hybridized carbons (Fsp3) is 0.286. The summed E-state index contributed by atoms with van der Waals surface area (Å²) in [5, 5.41) is 18.7. The molecule has 3 nitrogen and oxygen atoms in total. The second-order valence-electron chi connectivity index (χ2n) is 2.50. The highest BCUT2D eigenvalue weighted by Gasteiger charge is 2.48. The SMILES string of the molecule is O=C(O)C(F)(F)C(O)c1cc(Br)cs1. The zero-order chi connectivity index (χ0) is 10.9. The molecule has 7 heteroatoms. The average Bonchev–Trinajstić information content (AvgIpc) is 2.50. The van der Waals surface area contributed by atoms with Crippen molar-refractivity contribution in [3.05, 3.63) is 20.8 Å². The molecule has 0 aliphatic carbocycles. The van der Waals surface area contributed by atoms with Crippen molar-refractivity contribution in [2.45, 2.75) is 12.0 Å². The Morgan fingerprint density at radius 2 is 2.21 bits per heavy atom. The van der Waals surface area contributed by atoms with Crippen molar-refractivity contribution in [3.8, 4) is 0 Å². The third-order valence-electron chi connectivity index (χ3n) is 1.49. The van der Waals surface area contributed by atoms with E-state index in [9.17, 15) is 13.6 Å². The number of carboxylic acids is 1. The molecule has 0 aromatic carbocycles. The minimum Gasteiger partial charge on any atom is -0.477 e. The van der Waals surface area contributed by atoms with Crippen LogP contribution in [0.15, 0.2) is 15.9 Å². The lowest BCUT2D eigenvalue weighted by Crippen LogP contribution is -2.35. The molecule has 0 aliphatic heterocycles. The van der Waals surface area contributed by atoms with E-state index in [2.05, 4.69) is 15.9 Å². The molecule has 1 heterocycles.